The standard InChI is InChI=1S/C16H32N2O3/c1-6-16(20,7-2)13-17-9-8-10-18(12-11-17)14(19)21-15(3,4)5/h20H,6-13H2,1-5H3. The average molecular weight is 300 g/mol. The van der Waals surface area contributed by atoms with Gasteiger partial charge in [0, 0.05) is 32.7 Å². The first-order valence-electron chi connectivity index (χ1n) is 8.12. The van der Waals surface area contributed by atoms with Crippen molar-refractivity contribution in [3.05, 3.63) is 0 Å². The van der Waals surface area contributed by atoms with Gasteiger partial charge in [0.25, 0.3) is 0 Å². The van der Waals surface area contributed by atoms with Crippen molar-refractivity contribution < 1.29 is 14.6 Å². The number of carbonyl (C=O) groups is 1. The Morgan fingerprint density at radius 3 is 2.24 bits per heavy atom. The van der Waals surface area contributed by atoms with Gasteiger partial charge in [0.05, 0.1) is 5.60 Å². The highest BCUT2D eigenvalue weighted by molar-refractivity contribution is 5.68. The molecular formula is C16H32N2O3. The Balaban J connectivity index is 2.52. The van der Waals surface area contributed by atoms with E-state index in [0.717, 1.165) is 38.9 Å². The summed E-state index contributed by atoms with van der Waals surface area (Å²) in [6.07, 6.45) is 2.21. The maximum absolute atomic E-state index is 12.1. The Labute approximate surface area is 129 Å². The Morgan fingerprint density at radius 1 is 1.10 bits per heavy atom. The van der Waals surface area contributed by atoms with E-state index >= 15 is 0 Å². The van der Waals surface area contributed by atoms with Crippen LogP contribution in [0.15, 0.2) is 0 Å². The highest BCUT2D eigenvalue weighted by Gasteiger charge is 2.28. The van der Waals surface area contributed by atoms with Crippen LogP contribution in [0, 0.1) is 0 Å². The number of rotatable bonds is 4. The minimum absolute atomic E-state index is 0.231. The number of ether oxygens (including phenoxy) is 1. The van der Waals surface area contributed by atoms with E-state index in [-0.39, 0.29) is 6.09 Å². The lowest BCUT2D eigenvalue weighted by atomic mass is 9.97. The van der Waals surface area contributed by atoms with Gasteiger partial charge in [0.1, 0.15) is 5.60 Å². The molecule has 5 heteroatoms. The van der Waals surface area contributed by atoms with Gasteiger partial charge in [-0.05, 0) is 40.0 Å². The smallest absolute Gasteiger partial charge is 0.410 e. The second kappa shape index (κ2) is 7.45. The predicted octanol–water partition coefficient (Wildman–Crippen LogP) is 2.48. The lowest BCUT2D eigenvalue weighted by Crippen LogP contribution is -2.44. The van der Waals surface area contributed by atoms with E-state index in [1.165, 1.54) is 0 Å². The van der Waals surface area contributed by atoms with Crippen molar-refractivity contribution in [3.63, 3.8) is 0 Å². The quantitative estimate of drug-likeness (QED) is 0.866. The van der Waals surface area contributed by atoms with E-state index < -0.39 is 11.2 Å². The minimum Gasteiger partial charge on any atom is -0.444 e. The van der Waals surface area contributed by atoms with Gasteiger partial charge in [-0.25, -0.2) is 4.79 Å². The first kappa shape index (κ1) is 18.2. The molecule has 0 atom stereocenters. The van der Waals surface area contributed by atoms with Crippen LogP contribution >= 0.6 is 0 Å². The molecule has 0 unspecified atom stereocenters. The molecule has 1 aliphatic heterocycles. The van der Waals surface area contributed by atoms with E-state index in [4.69, 9.17) is 4.74 Å². The molecular weight excluding hydrogens is 268 g/mol. The van der Waals surface area contributed by atoms with Crippen molar-refractivity contribution in [1.29, 1.82) is 0 Å². The summed E-state index contributed by atoms with van der Waals surface area (Å²) < 4.78 is 5.43. The molecule has 0 aliphatic carbocycles. The zero-order chi connectivity index (χ0) is 16.1. The molecule has 1 fully saturated rings. The SMILES string of the molecule is CCC(O)(CC)CN1CCCN(C(=O)OC(C)(C)C)CC1. The second-order valence-electron chi connectivity index (χ2n) is 7.03. The molecule has 0 aromatic rings. The summed E-state index contributed by atoms with van der Waals surface area (Å²) in [6, 6.07) is 0. The lowest BCUT2D eigenvalue weighted by molar-refractivity contribution is -0.00291. The molecule has 1 saturated heterocycles. The molecule has 0 bridgehead atoms. The number of hydrogen-bond donors (Lipinski definition) is 1. The number of hydrogen-bond acceptors (Lipinski definition) is 4. The van der Waals surface area contributed by atoms with E-state index in [1.54, 1.807) is 4.90 Å². The fourth-order valence-corrected chi connectivity index (χ4v) is 2.53. The molecule has 1 N–H and O–H groups in total. The van der Waals surface area contributed by atoms with Crippen LogP contribution in [-0.2, 0) is 4.74 Å². The van der Waals surface area contributed by atoms with Gasteiger partial charge >= 0.3 is 6.09 Å². The summed E-state index contributed by atoms with van der Waals surface area (Å²) in [5.41, 5.74) is -1.06. The topological polar surface area (TPSA) is 53.0 Å². The molecule has 1 rings (SSSR count). The Morgan fingerprint density at radius 2 is 1.71 bits per heavy atom. The van der Waals surface area contributed by atoms with Crippen LogP contribution in [0.5, 0.6) is 0 Å². The molecule has 0 aromatic heterocycles. The largest absolute Gasteiger partial charge is 0.444 e. The summed E-state index contributed by atoms with van der Waals surface area (Å²) in [5, 5.41) is 10.5. The third-order valence-corrected chi connectivity index (χ3v) is 4.07. The van der Waals surface area contributed by atoms with Crippen LogP contribution in [0.2, 0.25) is 0 Å². The van der Waals surface area contributed by atoms with Gasteiger partial charge in [-0.2, -0.15) is 0 Å². The number of aliphatic hydroxyl groups is 1. The zero-order valence-corrected chi connectivity index (χ0v) is 14.3. The van der Waals surface area contributed by atoms with Gasteiger partial charge in [-0.3, -0.25) is 4.90 Å². The van der Waals surface area contributed by atoms with Crippen LogP contribution in [0.1, 0.15) is 53.9 Å². The molecule has 124 valence electrons. The van der Waals surface area contributed by atoms with Crippen molar-refractivity contribution in [2.45, 2.75) is 65.1 Å². The Hall–Kier alpha value is -0.810. The van der Waals surface area contributed by atoms with E-state index in [9.17, 15) is 9.90 Å². The van der Waals surface area contributed by atoms with Crippen molar-refractivity contribution in [2.75, 3.05) is 32.7 Å². The number of amides is 1. The van der Waals surface area contributed by atoms with E-state index in [2.05, 4.69) is 4.90 Å². The van der Waals surface area contributed by atoms with Crippen LogP contribution in [0.4, 0.5) is 4.79 Å². The third-order valence-electron chi connectivity index (χ3n) is 4.07. The Kier molecular flexibility index (Phi) is 6.47. The highest BCUT2D eigenvalue weighted by Crippen LogP contribution is 2.18. The first-order chi connectivity index (χ1) is 9.69. The van der Waals surface area contributed by atoms with E-state index in [0.29, 0.717) is 13.1 Å². The van der Waals surface area contributed by atoms with Crippen molar-refractivity contribution in [2.24, 2.45) is 0 Å². The maximum atomic E-state index is 12.1. The normalized spacial score (nSPS) is 18.5. The number of β-amino-alcohol motifs (C(OH)–C–C–N with tert-alkyl or cyclic N) is 1. The molecule has 1 aliphatic rings. The summed E-state index contributed by atoms with van der Waals surface area (Å²) in [5.74, 6) is 0. The van der Waals surface area contributed by atoms with Crippen molar-refractivity contribution in [3.8, 4) is 0 Å². The Bertz CT molecular complexity index is 335. The summed E-state index contributed by atoms with van der Waals surface area (Å²) in [7, 11) is 0. The van der Waals surface area contributed by atoms with Gasteiger partial charge < -0.3 is 14.7 Å². The second-order valence-corrected chi connectivity index (χ2v) is 7.03. The van der Waals surface area contributed by atoms with Crippen LogP contribution in [0.3, 0.4) is 0 Å². The maximum Gasteiger partial charge on any atom is 0.410 e. The molecule has 0 saturated carbocycles. The lowest BCUT2D eigenvalue weighted by Gasteiger charge is -2.32. The van der Waals surface area contributed by atoms with Gasteiger partial charge in [0.2, 0.25) is 0 Å². The first-order valence-corrected chi connectivity index (χ1v) is 8.12. The molecule has 21 heavy (non-hydrogen) atoms. The average Bonchev–Trinajstić information content (AvgIpc) is 2.62. The molecule has 0 aromatic carbocycles. The number of carbonyl (C=O) groups excluding carboxylic acids is 1. The third kappa shape index (κ3) is 6.22. The van der Waals surface area contributed by atoms with E-state index in [1.807, 2.05) is 34.6 Å². The summed E-state index contributed by atoms with van der Waals surface area (Å²) in [6.45, 7) is 13.5. The van der Waals surface area contributed by atoms with Crippen molar-refractivity contribution >= 4 is 6.09 Å². The zero-order valence-electron chi connectivity index (χ0n) is 14.3. The molecule has 0 radical (unpaired) electrons. The fraction of sp³-hybridized carbons (Fsp3) is 0.938. The predicted molar refractivity (Wildman–Crippen MR) is 84.4 cm³/mol. The molecule has 0 spiro atoms. The highest BCUT2D eigenvalue weighted by atomic mass is 16.6. The monoisotopic (exact) mass is 300 g/mol. The minimum atomic E-state index is -0.610. The van der Waals surface area contributed by atoms with Gasteiger partial charge in [0.15, 0.2) is 0 Å². The summed E-state index contributed by atoms with van der Waals surface area (Å²) in [4.78, 5) is 16.1. The van der Waals surface area contributed by atoms with Crippen LogP contribution < -0.4 is 0 Å². The van der Waals surface area contributed by atoms with Crippen LogP contribution in [0.25, 0.3) is 0 Å². The summed E-state index contributed by atoms with van der Waals surface area (Å²) >= 11 is 0. The number of nitrogens with zero attached hydrogens (tertiary/aromatic N) is 2. The fourth-order valence-electron chi connectivity index (χ4n) is 2.53. The molecule has 5 nitrogen and oxygen atoms in total. The molecule has 1 amide bonds. The van der Waals surface area contributed by atoms with Crippen molar-refractivity contribution in [1.82, 2.24) is 9.80 Å². The molecule has 1 heterocycles. The van der Waals surface area contributed by atoms with Gasteiger partial charge in [-0.15, -0.1) is 0 Å². The van der Waals surface area contributed by atoms with Gasteiger partial charge in [-0.1, -0.05) is 13.8 Å². The van der Waals surface area contributed by atoms with Crippen LogP contribution in [-0.4, -0.2) is 64.9 Å².